The van der Waals surface area contributed by atoms with Gasteiger partial charge in [0.25, 0.3) is 0 Å². The maximum Gasteiger partial charge on any atom is 0.338 e. The number of rotatable bonds is 8. The number of aromatic carboxylic acids is 1. The maximum atomic E-state index is 12.7. The van der Waals surface area contributed by atoms with E-state index >= 15 is 0 Å². The van der Waals surface area contributed by atoms with E-state index in [0.29, 0.717) is 36.3 Å². The molecule has 8 heteroatoms. The monoisotopic (exact) mass is 455 g/mol. The molecular formula is C25H29NO7. The highest BCUT2D eigenvalue weighted by atomic mass is 16.6. The van der Waals surface area contributed by atoms with Crippen molar-refractivity contribution in [3.63, 3.8) is 0 Å². The molecule has 1 saturated heterocycles. The van der Waals surface area contributed by atoms with Gasteiger partial charge in [-0.25, -0.2) is 9.59 Å². The minimum absolute atomic E-state index is 0.128. The first-order chi connectivity index (χ1) is 16.0. The zero-order chi connectivity index (χ0) is 23.2. The first-order valence-electron chi connectivity index (χ1n) is 11.2. The van der Waals surface area contributed by atoms with Gasteiger partial charge in [-0.2, -0.15) is 0 Å². The lowest BCUT2D eigenvalue weighted by Crippen LogP contribution is -2.35. The third-order valence-electron chi connectivity index (χ3n) is 5.99. The summed E-state index contributed by atoms with van der Waals surface area (Å²) in [5.74, 6) is -0.519. The van der Waals surface area contributed by atoms with Gasteiger partial charge in [0.05, 0.1) is 31.5 Å². The Kier molecular flexibility index (Phi) is 7.47. The number of carbonyl (C=O) groups is 2. The summed E-state index contributed by atoms with van der Waals surface area (Å²) in [6.45, 7) is 4.02. The van der Waals surface area contributed by atoms with E-state index in [1.807, 2.05) is 18.2 Å². The molecular weight excluding hydrogens is 426 g/mol. The average molecular weight is 456 g/mol. The molecule has 0 amide bonds. The van der Waals surface area contributed by atoms with Crippen LogP contribution in [0.2, 0.25) is 0 Å². The van der Waals surface area contributed by atoms with Crippen LogP contribution in [0.4, 0.5) is 0 Å². The van der Waals surface area contributed by atoms with E-state index in [1.54, 1.807) is 12.1 Å². The van der Waals surface area contributed by atoms with Crippen molar-refractivity contribution >= 4 is 11.9 Å². The van der Waals surface area contributed by atoms with Crippen LogP contribution < -0.4 is 9.47 Å². The van der Waals surface area contributed by atoms with Gasteiger partial charge < -0.3 is 24.1 Å². The number of carboxylic acid groups (broad SMARTS) is 1. The zero-order valence-corrected chi connectivity index (χ0v) is 18.7. The molecule has 176 valence electrons. The molecule has 2 aromatic rings. The van der Waals surface area contributed by atoms with Gasteiger partial charge in [0.15, 0.2) is 11.5 Å². The summed E-state index contributed by atoms with van der Waals surface area (Å²) >= 11 is 0. The smallest absolute Gasteiger partial charge is 0.338 e. The van der Waals surface area contributed by atoms with E-state index in [9.17, 15) is 14.7 Å². The Hall–Kier alpha value is -3.10. The summed E-state index contributed by atoms with van der Waals surface area (Å²) in [6, 6.07) is 12.1. The molecule has 0 unspecified atom stereocenters. The fourth-order valence-electron chi connectivity index (χ4n) is 4.23. The van der Waals surface area contributed by atoms with Crippen LogP contribution in [0.1, 0.15) is 45.5 Å². The van der Waals surface area contributed by atoms with Gasteiger partial charge in [-0.1, -0.05) is 12.1 Å². The number of esters is 1. The second-order valence-corrected chi connectivity index (χ2v) is 8.34. The number of ether oxygens (including phenoxy) is 4. The second-order valence-electron chi connectivity index (χ2n) is 8.34. The van der Waals surface area contributed by atoms with Crippen LogP contribution >= 0.6 is 0 Å². The first kappa shape index (κ1) is 23.1. The summed E-state index contributed by atoms with van der Waals surface area (Å²) in [4.78, 5) is 26.3. The SMILES string of the molecule is COc1ccc(C(=O)O)cc1O[C@H]1CC[C@@H](OC(=O)c2cccc(CN3CCOCC3)c2)C1. The van der Waals surface area contributed by atoms with Gasteiger partial charge in [-0.3, -0.25) is 4.90 Å². The summed E-state index contributed by atoms with van der Waals surface area (Å²) in [6.07, 6.45) is 1.49. The van der Waals surface area contributed by atoms with E-state index in [2.05, 4.69) is 4.90 Å². The fourth-order valence-corrected chi connectivity index (χ4v) is 4.23. The molecule has 0 bridgehead atoms. The van der Waals surface area contributed by atoms with Crippen molar-refractivity contribution in [3.05, 3.63) is 59.2 Å². The third-order valence-corrected chi connectivity index (χ3v) is 5.99. The van der Waals surface area contributed by atoms with E-state index < -0.39 is 5.97 Å². The molecule has 1 heterocycles. The Balaban J connectivity index is 1.33. The molecule has 2 aromatic carbocycles. The highest BCUT2D eigenvalue weighted by Crippen LogP contribution is 2.33. The van der Waals surface area contributed by atoms with Crippen molar-refractivity contribution in [2.45, 2.75) is 38.0 Å². The topological polar surface area (TPSA) is 94.5 Å². The number of methoxy groups -OCH3 is 1. The largest absolute Gasteiger partial charge is 0.493 e. The molecule has 0 spiro atoms. The summed E-state index contributed by atoms with van der Waals surface area (Å²) in [7, 11) is 1.51. The van der Waals surface area contributed by atoms with E-state index in [-0.39, 0.29) is 23.7 Å². The van der Waals surface area contributed by atoms with E-state index in [1.165, 1.54) is 19.2 Å². The lowest BCUT2D eigenvalue weighted by atomic mass is 10.1. The van der Waals surface area contributed by atoms with Crippen LogP contribution in [0.25, 0.3) is 0 Å². The summed E-state index contributed by atoms with van der Waals surface area (Å²) in [5.41, 5.74) is 1.74. The van der Waals surface area contributed by atoms with Crippen molar-refractivity contribution in [1.29, 1.82) is 0 Å². The maximum absolute atomic E-state index is 12.7. The molecule has 4 rings (SSSR count). The second kappa shape index (κ2) is 10.7. The van der Waals surface area contributed by atoms with Gasteiger partial charge >= 0.3 is 11.9 Å². The Bertz CT molecular complexity index is 986. The minimum atomic E-state index is -1.03. The molecule has 2 atom stereocenters. The molecule has 33 heavy (non-hydrogen) atoms. The van der Waals surface area contributed by atoms with Crippen LogP contribution in [0, 0.1) is 0 Å². The number of hydrogen-bond donors (Lipinski definition) is 1. The predicted octanol–water partition coefficient (Wildman–Crippen LogP) is 3.38. The van der Waals surface area contributed by atoms with Crippen molar-refractivity contribution in [3.8, 4) is 11.5 Å². The van der Waals surface area contributed by atoms with E-state index in [0.717, 1.165) is 38.4 Å². The molecule has 1 N–H and O–H groups in total. The lowest BCUT2D eigenvalue weighted by Gasteiger charge is -2.26. The van der Waals surface area contributed by atoms with Crippen LogP contribution in [-0.4, -0.2) is 67.6 Å². The molecule has 0 aromatic heterocycles. The quantitative estimate of drug-likeness (QED) is 0.606. The first-order valence-corrected chi connectivity index (χ1v) is 11.2. The van der Waals surface area contributed by atoms with Crippen LogP contribution in [0.3, 0.4) is 0 Å². The minimum Gasteiger partial charge on any atom is -0.493 e. The van der Waals surface area contributed by atoms with Crippen molar-refractivity contribution < 1.29 is 33.6 Å². The summed E-state index contributed by atoms with van der Waals surface area (Å²) in [5, 5.41) is 9.23. The van der Waals surface area contributed by atoms with Crippen LogP contribution in [-0.2, 0) is 16.0 Å². The Labute approximate surface area is 193 Å². The number of benzene rings is 2. The number of hydrogen-bond acceptors (Lipinski definition) is 7. The molecule has 0 radical (unpaired) electrons. The van der Waals surface area contributed by atoms with Gasteiger partial charge in [-0.05, 0) is 48.7 Å². The Morgan fingerprint density at radius 1 is 1.03 bits per heavy atom. The van der Waals surface area contributed by atoms with Gasteiger partial charge in [-0.15, -0.1) is 0 Å². The van der Waals surface area contributed by atoms with Crippen molar-refractivity contribution in [1.82, 2.24) is 4.90 Å². The van der Waals surface area contributed by atoms with Crippen molar-refractivity contribution in [2.75, 3.05) is 33.4 Å². The molecule has 2 aliphatic rings. The van der Waals surface area contributed by atoms with Crippen molar-refractivity contribution in [2.24, 2.45) is 0 Å². The Morgan fingerprint density at radius 3 is 2.58 bits per heavy atom. The highest BCUT2D eigenvalue weighted by molar-refractivity contribution is 5.89. The molecule has 1 aliphatic heterocycles. The summed E-state index contributed by atoms with van der Waals surface area (Å²) < 4.78 is 22.4. The highest BCUT2D eigenvalue weighted by Gasteiger charge is 2.30. The zero-order valence-electron chi connectivity index (χ0n) is 18.7. The van der Waals surface area contributed by atoms with Crippen LogP contribution in [0.15, 0.2) is 42.5 Å². The molecule has 8 nitrogen and oxygen atoms in total. The fraction of sp³-hybridized carbons (Fsp3) is 0.440. The average Bonchev–Trinajstić information content (AvgIpc) is 3.26. The lowest BCUT2D eigenvalue weighted by molar-refractivity contribution is 0.0289. The number of morpholine rings is 1. The van der Waals surface area contributed by atoms with Gasteiger partial charge in [0, 0.05) is 26.1 Å². The number of nitrogens with zero attached hydrogens (tertiary/aromatic N) is 1. The van der Waals surface area contributed by atoms with Gasteiger partial charge in [0.2, 0.25) is 0 Å². The molecule has 1 saturated carbocycles. The third kappa shape index (κ3) is 6.03. The molecule has 1 aliphatic carbocycles. The normalized spacial score (nSPS) is 20.9. The molecule has 2 fully saturated rings. The van der Waals surface area contributed by atoms with E-state index in [4.69, 9.17) is 18.9 Å². The Morgan fingerprint density at radius 2 is 1.82 bits per heavy atom. The van der Waals surface area contributed by atoms with Gasteiger partial charge in [0.1, 0.15) is 12.2 Å². The number of carboxylic acids is 1. The number of carbonyl (C=O) groups excluding carboxylic acids is 1. The standard InChI is InChI=1S/C25H29NO7/c1-30-22-8-5-18(24(27)28)14-23(22)32-20-6-7-21(15-20)33-25(29)19-4-2-3-17(13-19)16-26-9-11-31-12-10-26/h2-5,8,13-14,20-21H,6-7,9-12,15-16H2,1H3,(H,27,28)/t20-,21+/m0/s1. The van der Waals surface area contributed by atoms with Crippen LogP contribution in [0.5, 0.6) is 11.5 Å². The predicted molar refractivity (Wildman–Crippen MR) is 120 cm³/mol.